The average molecular weight is 241 g/mol. The zero-order chi connectivity index (χ0) is 9.42. The summed E-state index contributed by atoms with van der Waals surface area (Å²) in [6.07, 6.45) is 2.07. The van der Waals surface area contributed by atoms with E-state index in [9.17, 15) is 5.11 Å². The minimum absolute atomic E-state index is 0.269. The summed E-state index contributed by atoms with van der Waals surface area (Å²) < 4.78 is 1.03. The number of aliphatic hydroxyl groups is 1. The van der Waals surface area contributed by atoms with Crippen LogP contribution in [0.15, 0.2) is 22.7 Å². The highest BCUT2D eigenvalue weighted by molar-refractivity contribution is 9.10. The van der Waals surface area contributed by atoms with Crippen LogP contribution in [0.3, 0.4) is 0 Å². The molecule has 1 aliphatic rings. The number of hydrogen-bond donors (Lipinski definition) is 1. The summed E-state index contributed by atoms with van der Waals surface area (Å²) in [5.41, 5.74) is 2.26. The van der Waals surface area contributed by atoms with Gasteiger partial charge in [-0.05, 0) is 42.9 Å². The summed E-state index contributed by atoms with van der Waals surface area (Å²) in [4.78, 5) is 0. The normalized spacial score (nSPS) is 18.7. The molecule has 0 bridgehead atoms. The van der Waals surface area contributed by atoms with Gasteiger partial charge in [0.15, 0.2) is 0 Å². The lowest BCUT2D eigenvalue weighted by Crippen LogP contribution is -2.00. The topological polar surface area (TPSA) is 20.2 Å². The van der Waals surface area contributed by atoms with Gasteiger partial charge in [0.05, 0.1) is 6.10 Å². The van der Waals surface area contributed by atoms with Gasteiger partial charge in [-0.2, -0.15) is 0 Å². The zero-order valence-electron chi connectivity index (χ0n) is 7.63. The Labute approximate surface area is 86.9 Å². The third kappa shape index (κ3) is 1.94. The highest BCUT2D eigenvalue weighted by Gasteiger charge is 2.31. The monoisotopic (exact) mass is 240 g/mol. The molecule has 1 nitrogen and oxygen atoms in total. The van der Waals surface area contributed by atoms with Gasteiger partial charge in [-0.3, -0.25) is 0 Å². The highest BCUT2D eigenvalue weighted by atomic mass is 79.9. The van der Waals surface area contributed by atoms with Crippen LogP contribution in [0.2, 0.25) is 0 Å². The van der Waals surface area contributed by atoms with Crippen molar-refractivity contribution < 1.29 is 5.11 Å². The molecule has 1 atom stereocenters. The molecule has 1 aromatic carbocycles. The van der Waals surface area contributed by atoms with Crippen molar-refractivity contribution in [3.8, 4) is 0 Å². The minimum Gasteiger partial charge on any atom is -0.388 e. The third-order valence-electron chi connectivity index (χ3n) is 2.54. The predicted molar refractivity (Wildman–Crippen MR) is 56.6 cm³/mol. The molecular formula is C11H13BrO. The maximum absolute atomic E-state index is 9.90. The molecule has 0 saturated heterocycles. The number of rotatable bonds is 2. The molecule has 0 aliphatic heterocycles. The third-order valence-corrected chi connectivity index (χ3v) is 3.23. The summed E-state index contributed by atoms with van der Waals surface area (Å²) in [6, 6.07) is 6.12. The Hall–Kier alpha value is -0.340. The van der Waals surface area contributed by atoms with Gasteiger partial charge in [0.25, 0.3) is 0 Å². The lowest BCUT2D eigenvalue weighted by molar-refractivity contribution is 0.153. The maximum atomic E-state index is 9.90. The number of benzene rings is 1. The van der Waals surface area contributed by atoms with E-state index in [1.165, 1.54) is 18.4 Å². The molecule has 0 spiro atoms. The van der Waals surface area contributed by atoms with Crippen LogP contribution >= 0.6 is 15.9 Å². The van der Waals surface area contributed by atoms with E-state index in [0.717, 1.165) is 10.0 Å². The lowest BCUT2D eigenvalue weighted by atomic mass is 10.0. The summed E-state index contributed by atoms with van der Waals surface area (Å²) in [7, 11) is 0. The van der Waals surface area contributed by atoms with Crippen molar-refractivity contribution in [1.82, 2.24) is 0 Å². The number of halogens is 1. The van der Waals surface area contributed by atoms with E-state index < -0.39 is 0 Å². The van der Waals surface area contributed by atoms with Gasteiger partial charge in [-0.1, -0.05) is 28.1 Å². The molecule has 1 unspecified atom stereocenters. The Kier molecular flexibility index (Phi) is 2.43. The molecule has 0 radical (unpaired) electrons. The first-order chi connectivity index (χ1) is 6.18. The summed E-state index contributed by atoms with van der Waals surface area (Å²) in [5.74, 6) is 0.499. The van der Waals surface area contributed by atoms with Crippen molar-refractivity contribution in [2.24, 2.45) is 5.92 Å². The fraction of sp³-hybridized carbons (Fsp3) is 0.455. The molecular weight excluding hydrogens is 228 g/mol. The van der Waals surface area contributed by atoms with Gasteiger partial charge in [-0.25, -0.2) is 0 Å². The molecule has 1 N–H and O–H groups in total. The van der Waals surface area contributed by atoms with Gasteiger partial charge in [0.1, 0.15) is 0 Å². The Morgan fingerprint density at radius 1 is 1.46 bits per heavy atom. The Balaban J connectivity index is 2.28. The number of aryl methyl sites for hydroxylation is 1. The quantitative estimate of drug-likeness (QED) is 0.842. The van der Waals surface area contributed by atoms with E-state index in [1.807, 2.05) is 12.1 Å². The standard InChI is InChI=1S/C11H13BrO/c1-7-2-5-9(10(12)6-7)11(13)8-3-4-8/h2,5-6,8,11,13H,3-4H2,1H3. The van der Waals surface area contributed by atoms with Gasteiger partial charge in [0.2, 0.25) is 0 Å². The van der Waals surface area contributed by atoms with E-state index in [0.29, 0.717) is 5.92 Å². The van der Waals surface area contributed by atoms with Crippen molar-refractivity contribution in [3.05, 3.63) is 33.8 Å². The Morgan fingerprint density at radius 2 is 2.15 bits per heavy atom. The summed E-state index contributed by atoms with van der Waals surface area (Å²) >= 11 is 3.48. The lowest BCUT2D eigenvalue weighted by Gasteiger charge is -2.11. The van der Waals surface area contributed by atoms with Crippen LogP contribution in [0, 0.1) is 12.8 Å². The molecule has 70 valence electrons. The van der Waals surface area contributed by atoms with Crippen molar-refractivity contribution in [1.29, 1.82) is 0 Å². The first kappa shape index (κ1) is 9.22. The first-order valence-electron chi connectivity index (χ1n) is 4.62. The van der Waals surface area contributed by atoms with Crippen LogP contribution in [0.4, 0.5) is 0 Å². The maximum Gasteiger partial charge on any atom is 0.0829 e. The molecule has 13 heavy (non-hydrogen) atoms. The zero-order valence-corrected chi connectivity index (χ0v) is 9.21. The molecule has 1 saturated carbocycles. The van der Waals surface area contributed by atoms with E-state index in [-0.39, 0.29) is 6.10 Å². The fourth-order valence-corrected chi connectivity index (χ4v) is 2.27. The second kappa shape index (κ2) is 3.43. The van der Waals surface area contributed by atoms with Gasteiger partial charge < -0.3 is 5.11 Å². The largest absolute Gasteiger partial charge is 0.388 e. The van der Waals surface area contributed by atoms with E-state index >= 15 is 0 Å². The second-order valence-corrected chi connectivity index (χ2v) is 4.66. The fourth-order valence-electron chi connectivity index (χ4n) is 1.54. The van der Waals surface area contributed by atoms with Crippen LogP contribution in [0.5, 0.6) is 0 Å². The number of hydrogen-bond acceptors (Lipinski definition) is 1. The predicted octanol–water partition coefficient (Wildman–Crippen LogP) is 3.20. The van der Waals surface area contributed by atoms with E-state index in [4.69, 9.17) is 0 Å². The van der Waals surface area contributed by atoms with Crippen LogP contribution in [0.1, 0.15) is 30.1 Å². The second-order valence-electron chi connectivity index (χ2n) is 3.81. The molecule has 2 rings (SSSR count). The molecule has 0 heterocycles. The van der Waals surface area contributed by atoms with Gasteiger partial charge in [0, 0.05) is 4.47 Å². The average Bonchev–Trinajstić information content (AvgIpc) is 2.85. The Bertz CT molecular complexity index is 318. The molecule has 0 amide bonds. The van der Waals surface area contributed by atoms with Crippen molar-refractivity contribution in [2.45, 2.75) is 25.9 Å². The SMILES string of the molecule is Cc1ccc(C(O)C2CC2)c(Br)c1. The number of aliphatic hydroxyl groups excluding tert-OH is 1. The van der Waals surface area contributed by atoms with Crippen molar-refractivity contribution in [2.75, 3.05) is 0 Å². The summed E-state index contributed by atoms with van der Waals surface area (Å²) in [6.45, 7) is 2.05. The smallest absolute Gasteiger partial charge is 0.0829 e. The van der Waals surface area contributed by atoms with E-state index in [1.54, 1.807) is 0 Å². The van der Waals surface area contributed by atoms with Crippen molar-refractivity contribution >= 4 is 15.9 Å². The first-order valence-corrected chi connectivity index (χ1v) is 5.42. The van der Waals surface area contributed by atoms with Gasteiger partial charge in [-0.15, -0.1) is 0 Å². The molecule has 0 aromatic heterocycles. The van der Waals surface area contributed by atoms with Gasteiger partial charge >= 0.3 is 0 Å². The van der Waals surface area contributed by atoms with Crippen molar-refractivity contribution in [3.63, 3.8) is 0 Å². The van der Waals surface area contributed by atoms with Crippen LogP contribution in [-0.2, 0) is 0 Å². The molecule has 2 heteroatoms. The molecule has 1 fully saturated rings. The molecule has 1 aliphatic carbocycles. The molecule has 1 aromatic rings. The highest BCUT2D eigenvalue weighted by Crippen LogP contribution is 2.42. The van der Waals surface area contributed by atoms with Crippen LogP contribution in [-0.4, -0.2) is 5.11 Å². The van der Waals surface area contributed by atoms with Crippen LogP contribution in [0.25, 0.3) is 0 Å². The van der Waals surface area contributed by atoms with E-state index in [2.05, 4.69) is 28.9 Å². The Morgan fingerprint density at radius 3 is 2.69 bits per heavy atom. The summed E-state index contributed by atoms with van der Waals surface area (Å²) in [5, 5.41) is 9.90. The van der Waals surface area contributed by atoms with Crippen LogP contribution < -0.4 is 0 Å². The minimum atomic E-state index is -0.269.